The Hall–Kier alpha value is -0.100. The minimum Gasteiger partial charge on any atom is -0.477 e. The minimum atomic E-state index is -0.829. The molecule has 0 aliphatic heterocycles. The normalized spacial score (nSPS) is 11.7. The van der Waals surface area contributed by atoms with Crippen LogP contribution in [0.1, 0.15) is 35.3 Å². The molecule has 0 atom stereocenters. The molecule has 0 aliphatic carbocycles. The Morgan fingerprint density at radius 1 is 1.54 bits per heavy atom. The van der Waals surface area contributed by atoms with Crippen LogP contribution >= 0.6 is 33.9 Å². The lowest BCUT2D eigenvalue weighted by Crippen LogP contribution is -2.07. The molecular formula is C9H11IO2S. The zero-order valence-electron chi connectivity index (χ0n) is 7.72. The first-order chi connectivity index (χ1) is 5.82. The van der Waals surface area contributed by atoms with Gasteiger partial charge in [-0.1, -0.05) is 20.8 Å². The summed E-state index contributed by atoms with van der Waals surface area (Å²) in [5.41, 5.74) is 0.0400. The van der Waals surface area contributed by atoms with Crippen molar-refractivity contribution < 1.29 is 9.90 Å². The maximum absolute atomic E-state index is 10.8. The number of aromatic carboxylic acids is 1. The molecule has 1 N–H and O–H groups in total. The first kappa shape index (κ1) is 11.0. The van der Waals surface area contributed by atoms with Gasteiger partial charge in [-0.15, -0.1) is 11.3 Å². The van der Waals surface area contributed by atoms with E-state index in [4.69, 9.17) is 5.11 Å². The first-order valence-corrected chi connectivity index (χ1v) is 5.75. The Kier molecular flexibility index (Phi) is 3.01. The molecule has 0 fully saturated rings. The third-order valence-corrected chi connectivity index (χ3v) is 4.39. The summed E-state index contributed by atoms with van der Waals surface area (Å²) in [6, 6.07) is 1.95. The van der Waals surface area contributed by atoms with E-state index in [0.717, 1.165) is 8.45 Å². The molecule has 1 heterocycles. The molecule has 72 valence electrons. The van der Waals surface area contributed by atoms with Gasteiger partial charge in [0.15, 0.2) is 0 Å². The van der Waals surface area contributed by atoms with Gasteiger partial charge in [0.05, 0.1) is 0 Å². The maximum atomic E-state index is 10.8. The van der Waals surface area contributed by atoms with Crippen molar-refractivity contribution >= 4 is 39.9 Å². The molecule has 0 aromatic carbocycles. The highest BCUT2D eigenvalue weighted by atomic mass is 127. The molecule has 13 heavy (non-hydrogen) atoms. The van der Waals surface area contributed by atoms with Crippen LogP contribution in [-0.4, -0.2) is 11.1 Å². The molecule has 0 saturated heterocycles. The quantitative estimate of drug-likeness (QED) is 0.808. The van der Waals surface area contributed by atoms with Gasteiger partial charge in [0.2, 0.25) is 0 Å². The first-order valence-electron chi connectivity index (χ1n) is 3.85. The van der Waals surface area contributed by atoms with Crippen LogP contribution in [0.3, 0.4) is 0 Å². The van der Waals surface area contributed by atoms with Gasteiger partial charge < -0.3 is 5.11 Å². The summed E-state index contributed by atoms with van der Waals surface area (Å²) in [6.07, 6.45) is 0. The van der Waals surface area contributed by atoms with Crippen molar-refractivity contribution in [3.8, 4) is 0 Å². The summed E-state index contributed by atoms with van der Waals surface area (Å²) in [6.45, 7) is 6.25. The lowest BCUT2D eigenvalue weighted by molar-refractivity contribution is 0.0701. The number of halogens is 1. The Morgan fingerprint density at radius 2 is 2.08 bits per heavy atom. The third-order valence-electron chi connectivity index (χ3n) is 1.62. The van der Waals surface area contributed by atoms with E-state index in [0.29, 0.717) is 4.88 Å². The molecule has 0 radical (unpaired) electrons. The van der Waals surface area contributed by atoms with Crippen molar-refractivity contribution in [3.63, 3.8) is 0 Å². The minimum absolute atomic E-state index is 0.0400. The van der Waals surface area contributed by atoms with Crippen molar-refractivity contribution in [1.82, 2.24) is 0 Å². The second kappa shape index (κ2) is 3.57. The number of carbonyl (C=O) groups is 1. The van der Waals surface area contributed by atoms with Crippen LogP contribution in [0.15, 0.2) is 6.07 Å². The average Bonchev–Trinajstić information content (AvgIpc) is 2.29. The lowest BCUT2D eigenvalue weighted by Gasteiger charge is -2.14. The second-order valence-electron chi connectivity index (χ2n) is 3.84. The molecule has 1 aromatic heterocycles. The Morgan fingerprint density at radius 3 is 2.31 bits per heavy atom. The van der Waals surface area contributed by atoms with E-state index in [1.165, 1.54) is 11.3 Å². The van der Waals surface area contributed by atoms with Crippen LogP contribution in [0.4, 0.5) is 0 Å². The largest absolute Gasteiger partial charge is 0.477 e. The van der Waals surface area contributed by atoms with Crippen molar-refractivity contribution in [2.24, 2.45) is 0 Å². The van der Waals surface area contributed by atoms with E-state index >= 15 is 0 Å². The van der Waals surface area contributed by atoms with Crippen LogP contribution < -0.4 is 0 Å². The Balaban J connectivity index is 3.17. The topological polar surface area (TPSA) is 37.3 Å². The summed E-state index contributed by atoms with van der Waals surface area (Å²) in [4.78, 5) is 12.3. The molecule has 0 unspecified atom stereocenters. The van der Waals surface area contributed by atoms with E-state index < -0.39 is 5.97 Å². The molecule has 0 saturated carbocycles. The number of hydrogen-bond donors (Lipinski definition) is 1. The van der Waals surface area contributed by atoms with E-state index in [2.05, 4.69) is 43.4 Å². The fraction of sp³-hybridized carbons (Fsp3) is 0.444. The van der Waals surface area contributed by atoms with Crippen molar-refractivity contribution in [2.45, 2.75) is 26.2 Å². The van der Waals surface area contributed by atoms with Gasteiger partial charge in [0, 0.05) is 8.45 Å². The highest BCUT2D eigenvalue weighted by Crippen LogP contribution is 2.33. The fourth-order valence-corrected chi connectivity index (χ4v) is 2.91. The highest BCUT2D eigenvalue weighted by Gasteiger charge is 2.21. The van der Waals surface area contributed by atoms with Crippen molar-refractivity contribution in [3.05, 3.63) is 19.4 Å². The van der Waals surface area contributed by atoms with Gasteiger partial charge >= 0.3 is 5.97 Å². The SMILES string of the molecule is CC(C)(C)c1cc(I)c(C(=O)O)s1. The molecule has 1 aromatic rings. The predicted molar refractivity (Wildman–Crippen MR) is 62.7 cm³/mol. The average molecular weight is 310 g/mol. The zero-order chi connectivity index (χ0) is 10.2. The standard InChI is InChI=1S/C9H11IO2S/c1-9(2,3)6-4-5(10)7(13-6)8(11)12/h4H,1-3H3,(H,11,12). The Bertz CT molecular complexity index is 336. The summed E-state index contributed by atoms with van der Waals surface area (Å²) in [7, 11) is 0. The molecule has 0 aliphatic rings. The third kappa shape index (κ3) is 2.43. The molecule has 4 heteroatoms. The predicted octanol–water partition coefficient (Wildman–Crippen LogP) is 3.35. The number of carboxylic acids is 1. The summed E-state index contributed by atoms with van der Waals surface area (Å²) in [5.74, 6) is -0.829. The van der Waals surface area contributed by atoms with Crippen molar-refractivity contribution in [2.75, 3.05) is 0 Å². The number of carboxylic acid groups (broad SMARTS) is 1. The molecule has 2 nitrogen and oxygen atoms in total. The molecule has 0 spiro atoms. The molecule has 1 rings (SSSR count). The van der Waals surface area contributed by atoms with E-state index in [-0.39, 0.29) is 5.41 Å². The van der Waals surface area contributed by atoms with Gasteiger partial charge in [0.1, 0.15) is 4.88 Å². The van der Waals surface area contributed by atoms with E-state index in [1.807, 2.05) is 6.07 Å². The van der Waals surface area contributed by atoms with Crippen molar-refractivity contribution in [1.29, 1.82) is 0 Å². The van der Waals surface area contributed by atoms with Crippen LogP contribution in [0.25, 0.3) is 0 Å². The molecular weight excluding hydrogens is 299 g/mol. The number of thiophene rings is 1. The van der Waals surface area contributed by atoms with Gasteiger partial charge in [-0.2, -0.15) is 0 Å². The van der Waals surface area contributed by atoms with Crippen LogP contribution in [0, 0.1) is 3.57 Å². The lowest BCUT2D eigenvalue weighted by atomic mass is 9.95. The van der Waals surface area contributed by atoms with Crippen LogP contribution in [-0.2, 0) is 5.41 Å². The monoisotopic (exact) mass is 310 g/mol. The summed E-state index contributed by atoms with van der Waals surface area (Å²) >= 11 is 3.43. The number of hydrogen-bond acceptors (Lipinski definition) is 2. The number of rotatable bonds is 1. The zero-order valence-corrected chi connectivity index (χ0v) is 10.7. The van der Waals surface area contributed by atoms with E-state index in [9.17, 15) is 4.79 Å². The van der Waals surface area contributed by atoms with Gasteiger partial charge in [-0.25, -0.2) is 4.79 Å². The Labute approximate surface area is 95.1 Å². The maximum Gasteiger partial charge on any atom is 0.346 e. The second-order valence-corrected chi connectivity index (χ2v) is 6.06. The van der Waals surface area contributed by atoms with Gasteiger partial charge in [-0.3, -0.25) is 0 Å². The van der Waals surface area contributed by atoms with Crippen LogP contribution in [0.2, 0.25) is 0 Å². The summed E-state index contributed by atoms with van der Waals surface area (Å²) in [5, 5.41) is 8.85. The fourth-order valence-electron chi connectivity index (χ4n) is 0.884. The summed E-state index contributed by atoms with van der Waals surface area (Å²) < 4.78 is 0.833. The molecule has 0 amide bonds. The smallest absolute Gasteiger partial charge is 0.346 e. The van der Waals surface area contributed by atoms with E-state index in [1.54, 1.807) is 0 Å². The van der Waals surface area contributed by atoms with Gasteiger partial charge in [0.25, 0.3) is 0 Å². The van der Waals surface area contributed by atoms with Gasteiger partial charge in [-0.05, 0) is 34.1 Å². The van der Waals surface area contributed by atoms with Crippen LogP contribution in [0.5, 0.6) is 0 Å². The molecule has 0 bridgehead atoms. The highest BCUT2D eigenvalue weighted by molar-refractivity contribution is 14.1.